The number of hydrogen-bond donors (Lipinski definition) is 0. The standard InChI is InChI=1S/C12H11BrClFO.BrH/c13-9-3-1-2-8(12(9)16)7-4-5-10(14)11(15)6-7;/h4-6,8-9H,1-3H2;1H. The molecule has 1 aliphatic rings. The second kappa shape index (κ2) is 6.30. The Morgan fingerprint density at radius 2 is 2.06 bits per heavy atom. The van der Waals surface area contributed by atoms with E-state index in [1.807, 2.05) is 0 Å². The molecule has 0 bridgehead atoms. The monoisotopic (exact) mass is 384 g/mol. The van der Waals surface area contributed by atoms with Gasteiger partial charge in [-0.15, -0.1) is 17.0 Å². The van der Waals surface area contributed by atoms with Crippen LogP contribution in [0.1, 0.15) is 30.7 Å². The molecule has 1 aliphatic carbocycles. The quantitative estimate of drug-likeness (QED) is 0.642. The van der Waals surface area contributed by atoms with Gasteiger partial charge < -0.3 is 0 Å². The third-order valence-electron chi connectivity index (χ3n) is 2.95. The number of ketones is 1. The summed E-state index contributed by atoms with van der Waals surface area (Å²) in [5.41, 5.74) is 0.732. The van der Waals surface area contributed by atoms with Crippen molar-refractivity contribution >= 4 is 50.3 Å². The summed E-state index contributed by atoms with van der Waals surface area (Å²) in [7, 11) is 0. The number of hydrogen-bond acceptors (Lipinski definition) is 1. The van der Waals surface area contributed by atoms with Crippen LogP contribution in [0.4, 0.5) is 4.39 Å². The van der Waals surface area contributed by atoms with Crippen LogP contribution in [0.15, 0.2) is 18.2 Å². The van der Waals surface area contributed by atoms with E-state index in [-0.39, 0.29) is 38.5 Å². The Balaban J connectivity index is 0.00000144. The topological polar surface area (TPSA) is 17.1 Å². The molecular weight excluding hydrogens is 374 g/mol. The molecule has 0 heterocycles. The van der Waals surface area contributed by atoms with Crippen LogP contribution in [0.2, 0.25) is 5.02 Å². The molecule has 2 unspecified atom stereocenters. The fourth-order valence-electron chi connectivity index (χ4n) is 2.06. The Kier molecular flexibility index (Phi) is 5.61. The highest BCUT2D eigenvalue weighted by Crippen LogP contribution is 2.34. The Hall–Kier alpha value is 0.0700. The van der Waals surface area contributed by atoms with Crippen molar-refractivity contribution in [1.82, 2.24) is 0 Å². The second-order valence-electron chi connectivity index (χ2n) is 4.03. The molecule has 0 radical (unpaired) electrons. The smallest absolute Gasteiger partial charge is 0.153 e. The van der Waals surface area contributed by atoms with Crippen LogP contribution >= 0.6 is 44.5 Å². The van der Waals surface area contributed by atoms with E-state index >= 15 is 0 Å². The molecule has 2 rings (SSSR count). The van der Waals surface area contributed by atoms with E-state index in [9.17, 15) is 9.18 Å². The Labute approximate surface area is 124 Å². The Morgan fingerprint density at radius 3 is 2.71 bits per heavy atom. The van der Waals surface area contributed by atoms with Crippen LogP contribution in [0, 0.1) is 5.82 Å². The van der Waals surface area contributed by atoms with Crippen molar-refractivity contribution in [2.24, 2.45) is 0 Å². The minimum absolute atomic E-state index is 0. The van der Waals surface area contributed by atoms with Gasteiger partial charge in [0.1, 0.15) is 5.82 Å². The fourth-order valence-corrected chi connectivity index (χ4v) is 2.82. The highest BCUT2D eigenvalue weighted by Gasteiger charge is 2.30. The van der Waals surface area contributed by atoms with Gasteiger partial charge in [-0.05, 0) is 30.5 Å². The molecule has 1 fully saturated rings. The number of alkyl halides is 1. The van der Waals surface area contributed by atoms with E-state index in [2.05, 4.69) is 15.9 Å². The van der Waals surface area contributed by atoms with E-state index in [4.69, 9.17) is 11.6 Å². The number of carbonyl (C=O) groups is 1. The van der Waals surface area contributed by atoms with Crippen molar-refractivity contribution in [2.45, 2.75) is 30.0 Å². The minimum atomic E-state index is -0.455. The number of rotatable bonds is 1. The molecule has 5 heteroatoms. The highest BCUT2D eigenvalue weighted by molar-refractivity contribution is 9.10. The van der Waals surface area contributed by atoms with Gasteiger partial charge in [-0.3, -0.25) is 4.79 Å². The molecule has 0 amide bonds. The molecule has 0 N–H and O–H groups in total. The fraction of sp³-hybridized carbons (Fsp3) is 0.417. The predicted octanol–water partition coefficient (Wildman–Crippen LogP) is 4.66. The number of halogens is 4. The summed E-state index contributed by atoms with van der Waals surface area (Å²) in [6.45, 7) is 0. The van der Waals surface area contributed by atoms with Crippen LogP contribution in [0.3, 0.4) is 0 Å². The third-order valence-corrected chi connectivity index (χ3v) is 4.16. The first-order chi connectivity index (χ1) is 7.59. The van der Waals surface area contributed by atoms with Gasteiger partial charge in [-0.25, -0.2) is 4.39 Å². The van der Waals surface area contributed by atoms with Gasteiger partial charge in [-0.2, -0.15) is 0 Å². The van der Waals surface area contributed by atoms with Gasteiger partial charge >= 0.3 is 0 Å². The van der Waals surface area contributed by atoms with E-state index < -0.39 is 5.82 Å². The molecule has 0 aliphatic heterocycles. The van der Waals surface area contributed by atoms with E-state index in [0.29, 0.717) is 0 Å². The first-order valence-corrected chi connectivity index (χ1v) is 6.51. The van der Waals surface area contributed by atoms with E-state index in [0.717, 1.165) is 24.8 Å². The summed E-state index contributed by atoms with van der Waals surface area (Å²) in [5.74, 6) is -0.499. The average Bonchev–Trinajstić information content (AvgIpc) is 2.26. The van der Waals surface area contributed by atoms with Gasteiger partial charge in [0.25, 0.3) is 0 Å². The predicted molar refractivity (Wildman–Crippen MR) is 76.0 cm³/mol. The SMILES string of the molecule is Br.O=C1C(Br)CCCC1c1ccc(Cl)c(F)c1. The van der Waals surface area contributed by atoms with Crippen molar-refractivity contribution in [1.29, 1.82) is 0 Å². The minimum Gasteiger partial charge on any atom is -0.298 e. The van der Waals surface area contributed by atoms with Crippen LogP contribution in [0.25, 0.3) is 0 Å². The van der Waals surface area contributed by atoms with Gasteiger partial charge in [0.2, 0.25) is 0 Å². The van der Waals surface area contributed by atoms with Gasteiger partial charge in [0, 0.05) is 5.92 Å². The van der Waals surface area contributed by atoms with Gasteiger partial charge in [0.15, 0.2) is 5.78 Å². The lowest BCUT2D eigenvalue weighted by molar-refractivity contribution is -0.121. The summed E-state index contributed by atoms with van der Waals surface area (Å²) in [4.78, 5) is 11.8. The number of carbonyl (C=O) groups excluding carboxylic acids is 1. The molecular formula is C12H12Br2ClFO. The Morgan fingerprint density at radius 1 is 1.35 bits per heavy atom. The van der Waals surface area contributed by atoms with Crippen molar-refractivity contribution in [3.8, 4) is 0 Å². The summed E-state index contributed by atoms with van der Waals surface area (Å²) < 4.78 is 13.3. The van der Waals surface area contributed by atoms with Crippen molar-refractivity contribution in [2.75, 3.05) is 0 Å². The molecule has 0 saturated heterocycles. The van der Waals surface area contributed by atoms with Crippen LogP contribution in [-0.2, 0) is 4.79 Å². The first kappa shape index (κ1) is 15.1. The maximum Gasteiger partial charge on any atom is 0.153 e. The van der Waals surface area contributed by atoms with Crippen LogP contribution < -0.4 is 0 Å². The molecule has 94 valence electrons. The average molecular weight is 386 g/mol. The van der Waals surface area contributed by atoms with E-state index in [1.165, 1.54) is 12.1 Å². The zero-order valence-electron chi connectivity index (χ0n) is 8.96. The normalized spacial score (nSPS) is 24.3. The summed E-state index contributed by atoms with van der Waals surface area (Å²) in [6.07, 6.45) is 2.64. The van der Waals surface area contributed by atoms with Crippen LogP contribution in [0.5, 0.6) is 0 Å². The molecule has 1 aromatic rings. The highest BCUT2D eigenvalue weighted by atomic mass is 79.9. The lowest BCUT2D eigenvalue weighted by Crippen LogP contribution is -2.27. The first-order valence-electron chi connectivity index (χ1n) is 5.22. The maximum atomic E-state index is 13.3. The summed E-state index contributed by atoms with van der Waals surface area (Å²) in [6, 6.07) is 4.62. The van der Waals surface area contributed by atoms with Crippen molar-refractivity contribution < 1.29 is 9.18 Å². The summed E-state index contributed by atoms with van der Waals surface area (Å²) >= 11 is 8.97. The number of Topliss-reactive ketones (excluding diaryl/α,β-unsaturated/α-hetero) is 1. The molecule has 1 nitrogen and oxygen atoms in total. The van der Waals surface area contributed by atoms with E-state index in [1.54, 1.807) is 6.07 Å². The maximum absolute atomic E-state index is 13.3. The van der Waals surface area contributed by atoms with Crippen molar-refractivity contribution in [3.05, 3.63) is 34.6 Å². The lowest BCUT2D eigenvalue weighted by atomic mass is 9.83. The second-order valence-corrected chi connectivity index (χ2v) is 5.54. The zero-order chi connectivity index (χ0) is 11.7. The third kappa shape index (κ3) is 3.30. The molecule has 0 spiro atoms. The molecule has 1 saturated carbocycles. The van der Waals surface area contributed by atoms with Crippen molar-refractivity contribution in [3.63, 3.8) is 0 Å². The zero-order valence-corrected chi connectivity index (χ0v) is 13.0. The molecule has 0 aromatic heterocycles. The molecule has 2 atom stereocenters. The molecule has 17 heavy (non-hydrogen) atoms. The number of benzene rings is 1. The Bertz CT molecular complexity index is 425. The molecule has 1 aromatic carbocycles. The van der Waals surface area contributed by atoms with Crippen LogP contribution in [-0.4, -0.2) is 10.6 Å². The van der Waals surface area contributed by atoms with Gasteiger partial charge in [0.05, 0.1) is 9.85 Å². The lowest BCUT2D eigenvalue weighted by Gasteiger charge is -2.24. The largest absolute Gasteiger partial charge is 0.298 e. The van der Waals surface area contributed by atoms with Gasteiger partial charge in [-0.1, -0.05) is 40.0 Å². The summed E-state index contributed by atoms with van der Waals surface area (Å²) in [5, 5.41) is 0.0994.